The second-order valence-corrected chi connectivity index (χ2v) is 7.04. The molecule has 7 nitrogen and oxygen atoms in total. The molecule has 1 unspecified atom stereocenters. The zero-order valence-corrected chi connectivity index (χ0v) is 15.3. The van der Waals surface area contributed by atoms with Crippen molar-refractivity contribution in [3.8, 4) is 0 Å². The lowest BCUT2D eigenvalue weighted by Crippen LogP contribution is -2.30. The lowest BCUT2D eigenvalue weighted by Gasteiger charge is -2.09. The molecule has 2 N–H and O–H groups in total. The first-order chi connectivity index (χ1) is 12.9. The molecular formula is C19H17N3O4S. The Morgan fingerprint density at radius 3 is 2.44 bits per heavy atom. The van der Waals surface area contributed by atoms with Crippen LogP contribution in [-0.2, 0) is 9.59 Å². The van der Waals surface area contributed by atoms with E-state index in [1.165, 1.54) is 40.9 Å². The number of carbonyl (C=O) groups excluding carboxylic acids is 2. The molecule has 0 aliphatic carbocycles. The van der Waals surface area contributed by atoms with Crippen molar-refractivity contribution in [1.82, 2.24) is 4.90 Å². The molecular weight excluding hydrogens is 366 g/mol. The summed E-state index contributed by atoms with van der Waals surface area (Å²) in [7, 11) is 1.64. The Kier molecular flexibility index (Phi) is 5.56. The molecule has 2 aromatic carbocycles. The summed E-state index contributed by atoms with van der Waals surface area (Å²) in [6, 6.07) is 15.1. The minimum atomic E-state index is -1.03. The third kappa shape index (κ3) is 4.53. The zero-order chi connectivity index (χ0) is 19.4. The summed E-state index contributed by atoms with van der Waals surface area (Å²) < 4.78 is 0. The molecule has 1 heterocycles. The zero-order valence-electron chi connectivity index (χ0n) is 14.5. The molecule has 2 amide bonds. The number of amides is 2. The van der Waals surface area contributed by atoms with Crippen molar-refractivity contribution in [1.29, 1.82) is 0 Å². The van der Waals surface area contributed by atoms with Gasteiger partial charge in [0, 0.05) is 19.2 Å². The number of carboxylic acids is 1. The van der Waals surface area contributed by atoms with Crippen LogP contribution in [0.15, 0.2) is 59.6 Å². The Labute approximate surface area is 160 Å². The molecule has 8 heteroatoms. The van der Waals surface area contributed by atoms with Gasteiger partial charge in [0.1, 0.15) is 5.25 Å². The molecule has 0 spiro atoms. The molecule has 0 bridgehead atoms. The maximum absolute atomic E-state index is 12.4. The normalized spacial score (nSPS) is 18.0. The van der Waals surface area contributed by atoms with Crippen LogP contribution in [0.2, 0.25) is 0 Å². The van der Waals surface area contributed by atoms with Crippen LogP contribution in [0.4, 0.5) is 11.4 Å². The highest BCUT2D eigenvalue weighted by molar-refractivity contribution is 8.15. The molecule has 1 fully saturated rings. The Hall–Kier alpha value is -3.13. The minimum Gasteiger partial charge on any atom is -0.478 e. The van der Waals surface area contributed by atoms with Crippen LogP contribution in [0.1, 0.15) is 16.8 Å². The molecule has 1 atom stereocenters. The number of amidine groups is 1. The van der Waals surface area contributed by atoms with Crippen LogP contribution in [-0.4, -0.2) is 45.3 Å². The number of aromatic carboxylic acids is 1. The predicted molar refractivity (Wildman–Crippen MR) is 104 cm³/mol. The number of hydrogen-bond donors (Lipinski definition) is 2. The number of anilines is 1. The lowest BCUT2D eigenvalue weighted by atomic mass is 10.2. The first-order valence-corrected chi connectivity index (χ1v) is 9.03. The van der Waals surface area contributed by atoms with E-state index in [1.807, 2.05) is 30.3 Å². The fraction of sp³-hybridized carbons (Fsp3) is 0.158. The average molecular weight is 383 g/mol. The van der Waals surface area contributed by atoms with E-state index in [4.69, 9.17) is 5.11 Å². The predicted octanol–water partition coefficient (Wildman–Crippen LogP) is 2.97. The smallest absolute Gasteiger partial charge is 0.335 e. The largest absolute Gasteiger partial charge is 0.478 e. The molecule has 27 heavy (non-hydrogen) atoms. The number of nitrogens with one attached hydrogen (secondary N) is 1. The molecule has 0 saturated carbocycles. The van der Waals surface area contributed by atoms with E-state index < -0.39 is 11.2 Å². The van der Waals surface area contributed by atoms with E-state index in [1.54, 1.807) is 7.05 Å². The van der Waals surface area contributed by atoms with Gasteiger partial charge in [0.25, 0.3) is 0 Å². The highest BCUT2D eigenvalue weighted by Gasteiger charge is 2.36. The van der Waals surface area contributed by atoms with Gasteiger partial charge in [-0.15, -0.1) is 0 Å². The van der Waals surface area contributed by atoms with E-state index in [-0.39, 0.29) is 23.8 Å². The van der Waals surface area contributed by atoms with Crippen molar-refractivity contribution in [3.63, 3.8) is 0 Å². The Morgan fingerprint density at radius 1 is 1.15 bits per heavy atom. The van der Waals surface area contributed by atoms with E-state index in [0.29, 0.717) is 10.9 Å². The van der Waals surface area contributed by atoms with Gasteiger partial charge in [0.2, 0.25) is 11.8 Å². The summed E-state index contributed by atoms with van der Waals surface area (Å²) in [6.07, 6.45) is 0.00231. The first-order valence-electron chi connectivity index (χ1n) is 8.15. The van der Waals surface area contributed by atoms with Gasteiger partial charge in [-0.1, -0.05) is 30.0 Å². The third-order valence-electron chi connectivity index (χ3n) is 3.91. The number of benzene rings is 2. The van der Waals surface area contributed by atoms with Gasteiger partial charge in [-0.2, -0.15) is 0 Å². The molecule has 1 aliphatic rings. The van der Waals surface area contributed by atoms with Gasteiger partial charge in [-0.3, -0.25) is 14.5 Å². The van der Waals surface area contributed by atoms with Gasteiger partial charge in [0.15, 0.2) is 5.17 Å². The Balaban J connectivity index is 1.63. The second-order valence-electron chi connectivity index (χ2n) is 5.87. The van der Waals surface area contributed by atoms with Crippen LogP contribution in [0.5, 0.6) is 0 Å². The summed E-state index contributed by atoms with van der Waals surface area (Å²) in [4.78, 5) is 41.4. The van der Waals surface area contributed by atoms with E-state index in [2.05, 4.69) is 10.3 Å². The molecule has 1 aliphatic heterocycles. The van der Waals surface area contributed by atoms with Crippen molar-refractivity contribution < 1.29 is 19.5 Å². The van der Waals surface area contributed by atoms with Gasteiger partial charge < -0.3 is 10.4 Å². The van der Waals surface area contributed by atoms with Crippen molar-refractivity contribution in [2.75, 3.05) is 12.4 Å². The van der Waals surface area contributed by atoms with E-state index >= 15 is 0 Å². The van der Waals surface area contributed by atoms with Gasteiger partial charge in [0.05, 0.1) is 11.3 Å². The fourth-order valence-corrected chi connectivity index (χ4v) is 3.64. The minimum absolute atomic E-state index is 0.00231. The van der Waals surface area contributed by atoms with Gasteiger partial charge in [-0.05, 0) is 36.4 Å². The molecule has 2 aromatic rings. The van der Waals surface area contributed by atoms with Crippen LogP contribution in [0, 0.1) is 0 Å². The maximum Gasteiger partial charge on any atom is 0.335 e. The maximum atomic E-state index is 12.4. The Bertz CT molecular complexity index is 897. The van der Waals surface area contributed by atoms with Crippen molar-refractivity contribution in [2.45, 2.75) is 11.7 Å². The topological polar surface area (TPSA) is 99.1 Å². The number of hydrogen-bond acceptors (Lipinski definition) is 5. The Morgan fingerprint density at radius 2 is 1.81 bits per heavy atom. The van der Waals surface area contributed by atoms with Crippen molar-refractivity contribution >= 4 is 46.1 Å². The van der Waals surface area contributed by atoms with Crippen LogP contribution in [0.3, 0.4) is 0 Å². The van der Waals surface area contributed by atoms with E-state index in [9.17, 15) is 14.4 Å². The number of nitrogens with zero attached hydrogens (tertiary/aromatic N) is 2. The standard InChI is InChI=1S/C19H17N3O4S/c1-22-17(24)15(27-19(22)21-13-5-3-2-4-6-13)11-16(23)20-14-9-7-12(8-10-14)18(25)26/h2-10,15H,11H2,1H3,(H,20,23)(H,25,26). The first kappa shape index (κ1) is 18.7. The van der Waals surface area contributed by atoms with Crippen molar-refractivity contribution in [2.24, 2.45) is 4.99 Å². The van der Waals surface area contributed by atoms with Gasteiger partial charge in [-0.25, -0.2) is 9.79 Å². The molecule has 3 rings (SSSR count). The number of para-hydroxylation sites is 1. The van der Waals surface area contributed by atoms with Crippen LogP contribution in [0.25, 0.3) is 0 Å². The summed E-state index contributed by atoms with van der Waals surface area (Å²) in [5.74, 6) is -1.53. The monoisotopic (exact) mass is 383 g/mol. The highest BCUT2D eigenvalue weighted by Crippen LogP contribution is 2.30. The van der Waals surface area contributed by atoms with Crippen LogP contribution < -0.4 is 5.32 Å². The number of thioether (sulfide) groups is 1. The van der Waals surface area contributed by atoms with Gasteiger partial charge >= 0.3 is 5.97 Å². The summed E-state index contributed by atoms with van der Waals surface area (Å²) in [5.41, 5.74) is 1.35. The third-order valence-corrected chi connectivity index (χ3v) is 5.14. The molecule has 0 radical (unpaired) electrons. The number of rotatable bonds is 5. The summed E-state index contributed by atoms with van der Waals surface area (Å²) >= 11 is 1.25. The quantitative estimate of drug-likeness (QED) is 0.827. The SMILES string of the molecule is CN1C(=O)C(CC(=O)Nc2ccc(C(=O)O)cc2)SC1=Nc1ccccc1. The summed E-state index contributed by atoms with van der Waals surface area (Å²) in [5, 5.41) is 11.6. The highest BCUT2D eigenvalue weighted by atomic mass is 32.2. The fourth-order valence-electron chi connectivity index (χ4n) is 2.49. The second kappa shape index (κ2) is 8.05. The number of carbonyl (C=O) groups is 3. The molecule has 1 saturated heterocycles. The summed E-state index contributed by atoms with van der Waals surface area (Å²) in [6.45, 7) is 0. The molecule has 138 valence electrons. The van der Waals surface area contributed by atoms with E-state index in [0.717, 1.165) is 5.69 Å². The number of carboxylic acid groups (broad SMARTS) is 1. The lowest BCUT2D eigenvalue weighted by molar-refractivity contribution is -0.127. The average Bonchev–Trinajstić information content (AvgIpc) is 2.91. The number of aliphatic imine (C=N–C) groups is 1. The van der Waals surface area contributed by atoms with Crippen molar-refractivity contribution in [3.05, 3.63) is 60.2 Å². The van der Waals surface area contributed by atoms with Crippen LogP contribution >= 0.6 is 11.8 Å². The molecule has 0 aromatic heterocycles.